The topological polar surface area (TPSA) is 59.2 Å². The minimum atomic E-state index is -0.178. The summed E-state index contributed by atoms with van der Waals surface area (Å²) in [6.07, 6.45) is 4.92. The number of thioether (sulfide) groups is 1. The van der Waals surface area contributed by atoms with Crippen LogP contribution in [0.1, 0.15) is 37.5 Å². The Morgan fingerprint density at radius 1 is 1.22 bits per heavy atom. The van der Waals surface area contributed by atoms with E-state index in [1.165, 1.54) is 25.7 Å². The van der Waals surface area contributed by atoms with E-state index in [1.54, 1.807) is 11.8 Å². The normalized spacial score (nSPS) is 25.4. The van der Waals surface area contributed by atoms with Gasteiger partial charge in [0.2, 0.25) is 5.89 Å². The quantitative estimate of drug-likeness (QED) is 0.815. The Labute approximate surface area is 110 Å². The molecular formula is C12H17N3O2S. The largest absolute Gasteiger partial charge is 0.338 e. The van der Waals surface area contributed by atoms with Gasteiger partial charge in [-0.3, -0.25) is 4.79 Å². The fourth-order valence-corrected chi connectivity index (χ4v) is 3.53. The second kappa shape index (κ2) is 5.30. The number of rotatable bonds is 2. The maximum Gasteiger partial charge on any atom is 0.266 e. The molecule has 3 rings (SSSR count). The summed E-state index contributed by atoms with van der Waals surface area (Å²) < 4.78 is 5.28. The highest BCUT2D eigenvalue weighted by molar-refractivity contribution is 8.00. The third kappa shape index (κ3) is 2.39. The van der Waals surface area contributed by atoms with Gasteiger partial charge in [-0.2, -0.15) is 16.7 Å². The van der Waals surface area contributed by atoms with E-state index in [1.807, 2.05) is 0 Å². The Morgan fingerprint density at radius 3 is 2.67 bits per heavy atom. The highest BCUT2D eigenvalue weighted by atomic mass is 32.2. The van der Waals surface area contributed by atoms with E-state index in [9.17, 15) is 4.79 Å². The molecule has 0 amide bonds. The highest BCUT2D eigenvalue weighted by Gasteiger charge is 2.32. The molecule has 1 aromatic rings. The van der Waals surface area contributed by atoms with Crippen LogP contribution in [0, 0.1) is 0 Å². The lowest BCUT2D eigenvalue weighted by molar-refractivity contribution is -0.117. The van der Waals surface area contributed by atoms with Crippen molar-refractivity contribution in [1.29, 1.82) is 0 Å². The molecule has 1 unspecified atom stereocenters. The molecule has 2 aliphatic rings. The number of Topliss-reactive ketones (excluding diaryl/α,β-unsaturated/α-hetero) is 1. The average molecular weight is 267 g/mol. The van der Waals surface area contributed by atoms with Crippen molar-refractivity contribution in [3.8, 4) is 0 Å². The summed E-state index contributed by atoms with van der Waals surface area (Å²) in [7, 11) is 0. The van der Waals surface area contributed by atoms with Crippen molar-refractivity contribution >= 4 is 23.5 Å². The highest BCUT2D eigenvalue weighted by Crippen LogP contribution is 2.29. The molecule has 3 heterocycles. The summed E-state index contributed by atoms with van der Waals surface area (Å²) in [5.74, 6) is 2.56. The number of ketones is 1. The molecule has 0 saturated carbocycles. The summed E-state index contributed by atoms with van der Waals surface area (Å²) in [5, 5.41) is 4.04. The Kier molecular flexibility index (Phi) is 3.54. The van der Waals surface area contributed by atoms with E-state index < -0.39 is 0 Å². The number of nitrogens with zero attached hydrogens (tertiary/aromatic N) is 3. The second-order valence-corrected chi connectivity index (χ2v) is 5.90. The Balaban J connectivity index is 1.74. The van der Waals surface area contributed by atoms with Crippen molar-refractivity contribution in [3.63, 3.8) is 0 Å². The average Bonchev–Trinajstić information content (AvgIpc) is 2.91. The van der Waals surface area contributed by atoms with Crippen molar-refractivity contribution in [2.45, 2.75) is 31.6 Å². The van der Waals surface area contributed by atoms with Crippen molar-refractivity contribution < 1.29 is 9.32 Å². The van der Waals surface area contributed by atoms with Gasteiger partial charge in [0.15, 0.2) is 5.78 Å². The lowest BCUT2D eigenvalue weighted by Gasteiger charge is -2.16. The zero-order chi connectivity index (χ0) is 12.4. The number of aromatic nitrogens is 2. The maximum absolute atomic E-state index is 11.7. The molecule has 0 radical (unpaired) electrons. The number of anilines is 1. The third-order valence-electron chi connectivity index (χ3n) is 3.54. The molecule has 0 bridgehead atoms. The SMILES string of the molecule is O=C1CSCC1c1nc(N2CCCCCC2)no1. The first-order valence-corrected chi connectivity index (χ1v) is 7.69. The van der Waals surface area contributed by atoms with E-state index in [2.05, 4.69) is 15.0 Å². The van der Waals surface area contributed by atoms with Crippen LogP contribution in [0.3, 0.4) is 0 Å². The molecule has 2 fully saturated rings. The maximum atomic E-state index is 11.7. The standard InChI is InChI=1S/C12H17N3O2S/c16-10-8-18-7-9(10)11-13-12(14-17-11)15-5-3-1-2-4-6-15/h9H,1-8H2. The van der Waals surface area contributed by atoms with Crippen LogP contribution >= 0.6 is 11.8 Å². The molecule has 0 aromatic carbocycles. The molecule has 6 heteroatoms. The molecule has 2 aliphatic heterocycles. The molecule has 2 saturated heterocycles. The van der Waals surface area contributed by atoms with Crippen LogP contribution in [0.25, 0.3) is 0 Å². The van der Waals surface area contributed by atoms with Gasteiger partial charge < -0.3 is 9.42 Å². The van der Waals surface area contributed by atoms with Gasteiger partial charge in [-0.05, 0) is 18.0 Å². The molecule has 1 aromatic heterocycles. The van der Waals surface area contributed by atoms with Crippen LogP contribution in [0.4, 0.5) is 5.95 Å². The third-order valence-corrected chi connectivity index (χ3v) is 4.59. The van der Waals surface area contributed by atoms with Gasteiger partial charge in [0, 0.05) is 18.8 Å². The fourth-order valence-electron chi connectivity index (χ4n) is 2.45. The van der Waals surface area contributed by atoms with Crippen LogP contribution < -0.4 is 4.90 Å². The minimum Gasteiger partial charge on any atom is -0.338 e. The molecule has 5 nitrogen and oxygen atoms in total. The first kappa shape index (κ1) is 12.0. The lowest BCUT2D eigenvalue weighted by Crippen LogP contribution is -2.25. The van der Waals surface area contributed by atoms with Crippen molar-refractivity contribution in [2.24, 2.45) is 0 Å². The van der Waals surface area contributed by atoms with Gasteiger partial charge in [0.25, 0.3) is 5.95 Å². The lowest BCUT2D eigenvalue weighted by atomic mass is 10.1. The number of carbonyl (C=O) groups is 1. The molecule has 0 spiro atoms. The van der Waals surface area contributed by atoms with Crippen molar-refractivity contribution in [1.82, 2.24) is 10.1 Å². The van der Waals surface area contributed by atoms with E-state index >= 15 is 0 Å². The first-order chi connectivity index (χ1) is 8.84. The van der Waals surface area contributed by atoms with E-state index in [0.29, 0.717) is 17.6 Å². The van der Waals surface area contributed by atoms with Gasteiger partial charge in [-0.25, -0.2) is 0 Å². The Bertz CT molecular complexity index is 427. The number of carbonyl (C=O) groups excluding carboxylic acids is 1. The summed E-state index contributed by atoms with van der Waals surface area (Å²) in [6, 6.07) is 0. The second-order valence-electron chi connectivity index (χ2n) is 4.87. The molecule has 98 valence electrons. The summed E-state index contributed by atoms with van der Waals surface area (Å²) in [6.45, 7) is 1.98. The van der Waals surface area contributed by atoms with Crippen LogP contribution in [0.15, 0.2) is 4.52 Å². The van der Waals surface area contributed by atoms with Crippen LogP contribution in [0.2, 0.25) is 0 Å². The van der Waals surface area contributed by atoms with Gasteiger partial charge in [-0.15, -0.1) is 0 Å². The summed E-state index contributed by atoms with van der Waals surface area (Å²) in [4.78, 5) is 18.2. The molecule has 18 heavy (non-hydrogen) atoms. The first-order valence-electron chi connectivity index (χ1n) is 6.53. The van der Waals surface area contributed by atoms with E-state index in [-0.39, 0.29) is 11.7 Å². The molecule has 0 N–H and O–H groups in total. The van der Waals surface area contributed by atoms with Gasteiger partial charge >= 0.3 is 0 Å². The molecular weight excluding hydrogens is 250 g/mol. The van der Waals surface area contributed by atoms with Crippen LogP contribution in [0.5, 0.6) is 0 Å². The van der Waals surface area contributed by atoms with E-state index in [4.69, 9.17) is 4.52 Å². The van der Waals surface area contributed by atoms with Crippen molar-refractivity contribution in [2.75, 3.05) is 29.5 Å². The predicted octanol–water partition coefficient (Wildman–Crippen LogP) is 1.85. The van der Waals surface area contributed by atoms with Gasteiger partial charge in [0.05, 0.1) is 5.75 Å². The van der Waals surface area contributed by atoms with E-state index in [0.717, 1.165) is 18.8 Å². The number of hydrogen-bond acceptors (Lipinski definition) is 6. The Morgan fingerprint density at radius 2 is 2.00 bits per heavy atom. The van der Waals surface area contributed by atoms with Crippen molar-refractivity contribution in [3.05, 3.63) is 5.89 Å². The fraction of sp³-hybridized carbons (Fsp3) is 0.750. The number of hydrogen-bond donors (Lipinski definition) is 0. The summed E-state index contributed by atoms with van der Waals surface area (Å²) >= 11 is 1.64. The van der Waals surface area contributed by atoms with Crippen LogP contribution in [-0.2, 0) is 4.79 Å². The van der Waals surface area contributed by atoms with Gasteiger partial charge in [-0.1, -0.05) is 12.8 Å². The monoisotopic (exact) mass is 267 g/mol. The zero-order valence-electron chi connectivity index (χ0n) is 10.3. The molecule has 1 atom stereocenters. The predicted molar refractivity (Wildman–Crippen MR) is 70.1 cm³/mol. The van der Waals surface area contributed by atoms with Crippen LogP contribution in [-0.4, -0.2) is 40.5 Å². The summed E-state index contributed by atoms with van der Waals surface area (Å²) in [5.41, 5.74) is 0. The zero-order valence-corrected chi connectivity index (χ0v) is 11.1. The Hall–Kier alpha value is -1.04. The minimum absolute atomic E-state index is 0.178. The molecule has 0 aliphatic carbocycles. The van der Waals surface area contributed by atoms with Gasteiger partial charge in [0.1, 0.15) is 5.92 Å². The smallest absolute Gasteiger partial charge is 0.266 e.